The molecule has 1 fully saturated rings. The van der Waals surface area contributed by atoms with E-state index in [0.717, 1.165) is 30.6 Å². The van der Waals surface area contributed by atoms with Gasteiger partial charge in [-0.05, 0) is 54.5 Å². The fourth-order valence-electron chi connectivity index (χ4n) is 4.41. The Morgan fingerprint density at radius 1 is 1.17 bits per heavy atom. The Morgan fingerprint density at radius 3 is 2.60 bits per heavy atom. The fourth-order valence-corrected chi connectivity index (χ4v) is 4.41. The van der Waals surface area contributed by atoms with Gasteiger partial charge in [0.1, 0.15) is 12.3 Å². The van der Waals surface area contributed by atoms with Crippen molar-refractivity contribution in [2.45, 2.75) is 25.7 Å². The summed E-state index contributed by atoms with van der Waals surface area (Å²) in [6.45, 7) is 4.16. The molecular weight excluding hydrogens is 380 g/mol. The van der Waals surface area contributed by atoms with Crippen LogP contribution in [0.15, 0.2) is 54.6 Å². The highest BCUT2D eigenvalue weighted by molar-refractivity contribution is 5.83. The first kappa shape index (κ1) is 21.8. The number of phenols is 1. The van der Waals surface area contributed by atoms with Crippen LogP contribution in [0.2, 0.25) is 0 Å². The number of rotatable bonds is 8. The highest BCUT2D eigenvalue weighted by Gasteiger charge is 2.30. The third-order valence-corrected chi connectivity index (χ3v) is 5.88. The van der Waals surface area contributed by atoms with Gasteiger partial charge in [-0.1, -0.05) is 49.4 Å². The van der Waals surface area contributed by atoms with E-state index in [0.29, 0.717) is 30.6 Å². The van der Waals surface area contributed by atoms with Crippen molar-refractivity contribution in [2.24, 2.45) is 11.8 Å². The highest BCUT2D eigenvalue weighted by atomic mass is 16.4. The lowest BCUT2D eigenvalue weighted by molar-refractivity contribution is -0.138. The summed E-state index contributed by atoms with van der Waals surface area (Å²) in [6.07, 6.45) is 1.53. The first-order chi connectivity index (χ1) is 14.4. The van der Waals surface area contributed by atoms with Crippen LogP contribution in [-0.2, 0) is 16.0 Å². The van der Waals surface area contributed by atoms with E-state index in [9.17, 15) is 14.7 Å². The third-order valence-electron chi connectivity index (χ3n) is 5.88. The maximum absolute atomic E-state index is 12.7. The third kappa shape index (κ3) is 6.07. The molecule has 1 saturated heterocycles. The summed E-state index contributed by atoms with van der Waals surface area (Å²) in [7, 11) is 0. The summed E-state index contributed by atoms with van der Waals surface area (Å²) in [4.78, 5) is 25.9. The molecule has 160 valence electrons. The van der Waals surface area contributed by atoms with E-state index in [1.807, 2.05) is 42.5 Å². The Bertz CT molecular complexity index is 855. The number of carbonyl (C=O) groups is 2. The lowest BCUT2D eigenvalue weighted by Crippen LogP contribution is -2.45. The number of hydrogen-bond donors (Lipinski definition) is 3. The van der Waals surface area contributed by atoms with Crippen molar-refractivity contribution in [2.75, 3.05) is 26.2 Å². The van der Waals surface area contributed by atoms with Gasteiger partial charge in [-0.25, -0.2) is 0 Å². The van der Waals surface area contributed by atoms with Crippen LogP contribution in [0.25, 0.3) is 0 Å². The molecule has 3 atom stereocenters. The number of nitrogens with zero attached hydrogens (tertiary/aromatic N) is 1. The van der Waals surface area contributed by atoms with Crippen LogP contribution in [0.3, 0.4) is 0 Å². The Balaban J connectivity index is 1.65. The molecule has 0 spiro atoms. The number of carbonyl (C=O) groups excluding carboxylic acids is 1. The van der Waals surface area contributed by atoms with Crippen molar-refractivity contribution >= 4 is 11.9 Å². The molecule has 3 rings (SSSR count). The van der Waals surface area contributed by atoms with Gasteiger partial charge in [0.2, 0.25) is 5.91 Å². The SMILES string of the molecule is CC1CN(CC(Cc2ccccc2)C(=O)NCC(=O)O)CCC1c1cccc(O)c1. The number of likely N-dealkylation sites (tertiary alicyclic amines) is 1. The van der Waals surface area contributed by atoms with Crippen molar-refractivity contribution in [3.63, 3.8) is 0 Å². The van der Waals surface area contributed by atoms with E-state index in [4.69, 9.17) is 5.11 Å². The molecule has 1 amide bonds. The van der Waals surface area contributed by atoms with E-state index in [-0.39, 0.29) is 18.4 Å². The van der Waals surface area contributed by atoms with Crippen molar-refractivity contribution in [1.82, 2.24) is 10.2 Å². The van der Waals surface area contributed by atoms with Gasteiger partial charge in [-0.3, -0.25) is 9.59 Å². The van der Waals surface area contributed by atoms with Crippen LogP contribution in [0.5, 0.6) is 5.75 Å². The van der Waals surface area contributed by atoms with E-state index >= 15 is 0 Å². The van der Waals surface area contributed by atoms with Gasteiger partial charge in [0, 0.05) is 13.1 Å². The van der Waals surface area contributed by atoms with Gasteiger partial charge in [0.15, 0.2) is 0 Å². The average molecular weight is 411 g/mol. The second kappa shape index (κ2) is 10.3. The molecule has 6 nitrogen and oxygen atoms in total. The van der Waals surface area contributed by atoms with Crippen LogP contribution in [-0.4, -0.2) is 53.2 Å². The standard InChI is InChI=1S/C24H30N2O4/c1-17-15-26(11-10-22(17)19-8-5-9-21(27)13-19)16-20(24(30)25-14-23(28)29)12-18-6-3-2-4-7-18/h2-9,13,17,20,22,27H,10-12,14-16H2,1H3,(H,25,30)(H,28,29). The molecule has 0 aromatic heterocycles. The number of phenolic OH excluding ortho intramolecular Hbond substituents is 1. The summed E-state index contributed by atoms with van der Waals surface area (Å²) in [5, 5.41) is 21.3. The monoisotopic (exact) mass is 410 g/mol. The van der Waals surface area contributed by atoms with Crippen LogP contribution in [0.4, 0.5) is 0 Å². The van der Waals surface area contributed by atoms with Gasteiger partial charge in [0.25, 0.3) is 0 Å². The number of piperidine rings is 1. The molecule has 0 saturated carbocycles. The van der Waals surface area contributed by atoms with Crippen molar-refractivity contribution in [3.05, 3.63) is 65.7 Å². The van der Waals surface area contributed by atoms with E-state index in [2.05, 4.69) is 23.2 Å². The van der Waals surface area contributed by atoms with E-state index in [1.54, 1.807) is 6.07 Å². The molecule has 3 unspecified atom stereocenters. The van der Waals surface area contributed by atoms with Crippen molar-refractivity contribution in [3.8, 4) is 5.75 Å². The molecule has 0 bridgehead atoms. The van der Waals surface area contributed by atoms with Gasteiger partial charge in [0.05, 0.1) is 5.92 Å². The van der Waals surface area contributed by atoms with Crippen molar-refractivity contribution in [1.29, 1.82) is 0 Å². The maximum atomic E-state index is 12.7. The first-order valence-electron chi connectivity index (χ1n) is 10.5. The smallest absolute Gasteiger partial charge is 0.322 e. The van der Waals surface area contributed by atoms with Gasteiger partial charge in [-0.15, -0.1) is 0 Å². The molecule has 0 aliphatic carbocycles. The predicted octanol–water partition coefficient (Wildman–Crippen LogP) is 2.88. The Labute approximate surface area is 177 Å². The quantitative estimate of drug-likeness (QED) is 0.623. The maximum Gasteiger partial charge on any atom is 0.322 e. The Morgan fingerprint density at radius 2 is 1.93 bits per heavy atom. The highest BCUT2D eigenvalue weighted by Crippen LogP contribution is 2.34. The molecule has 2 aromatic carbocycles. The number of amides is 1. The lowest BCUT2D eigenvalue weighted by atomic mass is 9.81. The largest absolute Gasteiger partial charge is 0.508 e. The number of nitrogens with one attached hydrogen (secondary N) is 1. The van der Waals surface area contributed by atoms with Gasteiger partial charge >= 0.3 is 5.97 Å². The van der Waals surface area contributed by atoms with Crippen molar-refractivity contribution < 1.29 is 19.8 Å². The molecule has 1 aliphatic rings. The Kier molecular flexibility index (Phi) is 7.46. The van der Waals surface area contributed by atoms with Crippen LogP contribution >= 0.6 is 0 Å². The minimum absolute atomic E-state index is 0.219. The summed E-state index contributed by atoms with van der Waals surface area (Å²) in [5.74, 6) is -0.510. The molecule has 2 aromatic rings. The minimum atomic E-state index is -1.04. The normalized spacial score (nSPS) is 20.4. The molecule has 0 radical (unpaired) electrons. The topological polar surface area (TPSA) is 89.9 Å². The second-order valence-electron chi connectivity index (χ2n) is 8.23. The number of aromatic hydroxyl groups is 1. The summed E-state index contributed by atoms with van der Waals surface area (Å²) >= 11 is 0. The lowest BCUT2D eigenvalue weighted by Gasteiger charge is -2.38. The fraction of sp³-hybridized carbons (Fsp3) is 0.417. The average Bonchev–Trinajstić information content (AvgIpc) is 2.72. The number of carboxylic acids is 1. The van der Waals surface area contributed by atoms with Gasteiger partial charge in [-0.2, -0.15) is 0 Å². The Hall–Kier alpha value is -2.86. The zero-order valence-electron chi connectivity index (χ0n) is 17.3. The zero-order chi connectivity index (χ0) is 21.5. The van der Waals surface area contributed by atoms with Crippen LogP contribution in [0.1, 0.15) is 30.4 Å². The van der Waals surface area contributed by atoms with E-state index in [1.165, 1.54) is 0 Å². The van der Waals surface area contributed by atoms with E-state index < -0.39 is 5.97 Å². The van der Waals surface area contributed by atoms with Gasteiger partial charge < -0.3 is 20.4 Å². The predicted molar refractivity (Wildman–Crippen MR) is 115 cm³/mol. The molecule has 3 N–H and O–H groups in total. The molecular formula is C24H30N2O4. The molecule has 6 heteroatoms. The number of carboxylic acid groups (broad SMARTS) is 1. The summed E-state index contributed by atoms with van der Waals surface area (Å²) in [6, 6.07) is 17.3. The molecule has 1 heterocycles. The number of aliphatic carboxylic acids is 1. The minimum Gasteiger partial charge on any atom is -0.508 e. The first-order valence-corrected chi connectivity index (χ1v) is 10.5. The zero-order valence-corrected chi connectivity index (χ0v) is 17.3. The number of benzene rings is 2. The molecule has 1 aliphatic heterocycles. The number of hydrogen-bond acceptors (Lipinski definition) is 4. The second-order valence-corrected chi connectivity index (χ2v) is 8.23. The summed E-state index contributed by atoms with van der Waals surface area (Å²) in [5.41, 5.74) is 2.22. The van der Waals surface area contributed by atoms with Crippen LogP contribution in [0, 0.1) is 11.8 Å². The van der Waals surface area contributed by atoms with Crippen LogP contribution < -0.4 is 5.32 Å². The summed E-state index contributed by atoms with van der Waals surface area (Å²) < 4.78 is 0. The molecule has 30 heavy (non-hydrogen) atoms.